The molecule has 1 aromatic heterocycles. The normalized spacial score (nSPS) is 13.4. The van der Waals surface area contributed by atoms with Crippen molar-refractivity contribution in [3.05, 3.63) is 82.0 Å². The standard InChI is InChI=1S/C23H21NO4S/c25-22(26)13-15(12-16-6-5-11-29-16)24-23(27)28-14-21-19-9-3-1-7-17(19)18-8-2-4-10-20(18)21/h1-11,15,21H,12-14H2,(H,24,27)(H,25,26). The highest BCUT2D eigenvalue weighted by atomic mass is 32.1. The predicted octanol–water partition coefficient (Wildman–Crippen LogP) is 4.67. The minimum atomic E-state index is -0.953. The third kappa shape index (κ3) is 4.32. The van der Waals surface area contributed by atoms with Gasteiger partial charge in [-0.25, -0.2) is 4.79 Å². The number of rotatable bonds is 7. The first-order valence-corrected chi connectivity index (χ1v) is 10.4. The second kappa shape index (κ2) is 8.49. The Bertz CT molecular complexity index is 970. The Kier molecular flexibility index (Phi) is 5.62. The van der Waals surface area contributed by atoms with E-state index in [0.717, 1.165) is 16.0 Å². The van der Waals surface area contributed by atoms with Crippen molar-refractivity contribution in [2.75, 3.05) is 6.61 Å². The molecule has 2 N–H and O–H groups in total. The van der Waals surface area contributed by atoms with Crippen LogP contribution in [0.5, 0.6) is 0 Å². The average Bonchev–Trinajstić information content (AvgIpc) is 3.32. The van der Waals surface area contributed by atoms with Gasteiger partial charge in [-0.3, -0.25) is 4.79 Å². The van der Waals surface area contributed by atoms with Crippen molar-refractivity contribution in [2.45, 2.75) is 24.8 Å². The van der Waals surface area contributed by atoms with Gasteiger partial charge in [0.1, 0.15) is 6.61 Å². The number of hydrogen-bond acceptors (Lipinski definition) is 4. The lowest BCUT2D eigenvalue weighted by Crippen LogP contribution is -2.38. The van der Waals surface area contributed by atoms with Gasteiger partial charge in [0.05, 0.1) is 6.42 Å². The molecule has 0 spiro atoms. The topological polar surface area (TPSA) is 75.6 Å². The van der Waals surface area contributed by atoms with Crippen molar-refractivity contribution in [2.24, 2.45) is 0 Å². The summed E-state index contributed by atoms with van der Waals surface area (Å²) in [6, 6.07) is 19.6. The number of amides is 1. The molecule has 6 heteroatoms. The lowest BCUT2D eigenvalue weighted by atomic mass is 9.98. The van der Waals surface area contributed by atoms with Crippen LogP contribution in [0.2, 0.25) is 0 Å². The van der Waals surface area contributed by atoms with E-state index in [1.165, 1.54) is 22.5 Å². The zero-order valence-corrected chi connectivity index (χ0v) is 16.5. The number of fused-ring (bicyclic) bond motifs is 3. The first-order valence-electron chi connectivity index (χ1n) is 9.47. The van der Waals surface area contributed by atoms with E-state index in [1.54, 1.807) is 0 Å². The fraction of sp³-hybridized carbons (Fsp3) is 0.217. The van der Waals surface area contributed by atoms with Gasteiger partial charge in [-0.15, -0.1) is 11.3 Å². The summed E-state index contributed by atoms with van der Waals surface area (Å²) in [7, 11) is 0. The van der Waals surface area contributed by atoms with E-state index >= 15 is 0 Å². The molecule has 29 heavy (non-hydrogen) atoms. The van der Waals surface area contributed by atoms with E-state index in [1.807, 2.05) is 41.8 Å². The van der Waals surface area contributed by atoms with E-state index in [2.05, 4.69) is 29.6 Å². The van der Waals surface area contributed by atoms with Crippen LogP contribution in [0, 0.1) is 0 Å². The van der Waals surface area contributed by atoms with E-state index in [4.69, 9.17) is 9.84 Å². The summed E-state index contributed by atoms with van der Waals surface area (Å²) in [4.78, 5) is 24.6. The molecule has 0 aliphatic heterocycles. The Balaban J connectivity index is 1.43. The van der Waals surface area contributed by atoms with Gasteiger partial charge in [-0.2, -0.15) is 0 Å². The van der Waals surface area contributed by atoms with Crippen LogP contribution in [0.1, 0.15) is 28.3 Å². The molecule has 1 aliphatic rings. The molecule has 0 saturated heterocycles. The monoisotopic (exact) mass is 407 g/mol. The Labute approximate surface area is 173 Å². The molecule has 1 aliphatic carbocycles. The van der Waals surface area contributed by atoms with Gasteiger partial charge in [0.15, 0.2) is 0 Å². The molecule has 1 atom stereocenters. The minimum absolute atomic E-state index is 0.0247. The summed E-state index contributed by atoms with van der Waals surface area (Å²) >= 11 is 1.54. The van der Waals surface area contributed by atoms with Crippen molar-refractivity contribution in [3.63, 3.8) is 0 Å². The van der Waals surface area contributed by atoms with E-state index in [-0.39, 0.29) is 18.9 Å². The smallest absolute Gasteiger partial charge is 0.407 e. The molecule has 3 aromatic rings. The predicted molar refractivity (Wildman–Crippen MR) is 112 cm³/mol. The average molecular weight is 407 g/mol. The van der Waals surface area contributed by atoms with Gasteiger partial charge in [0, 0.05) is 23.3 Å². The molecule has 1 heterocycles. The number of hydrogen-bond donors (Lipinski definition) is 2. The molecule has 0 fully saturated rings. The number of thiophene rings is 1. The lowest BCUT2D eigenvalue weighted by molar-refractivity contribution is -0.137. The molecular weight excluding hydrogens is 386 g/mol. The Morgan fingerprint density at radius 1 is 1.00 bits per heavy atom. The number of carboxylic acid groups (broad SMARTS) is 1. The zero-order valence-electron chi connectivity index (χ0n) is 15.7. The Hall–Kier alpha value is -3.12. The van der Waals surface area contributed by atoms with Crippen molar-refractivity contribution < 1.29 is 19.4 Å². The maximum Gasteiger partial charge on any atom is 0.407 e. The van der Waals surface area contributed by atoms with Gasteiger partial charge in [0.2, 0.25) is 0 Å². The third-order valence-electron chi connectivity index (χ3n) is 5.11. The van der Waals surface area contributed by atoms with Crippen LogP contribution in [-0.2, 0) is 16.0 Å². The van der Waals surface area contributed by atoms with Crippen LogP contribution in [0.4, 0.5) is 4.79 Å². The highest BCUT2D eigenvalue weighted by Gasteiger charge is 2.29. The van der Waals surface area contributed by atoms with E-state index in [0.29, 0.717) is 6.42 Å². The number of alkyl carbamates (subject to hydrolysis) is 1. The molecule has 1 unspecified atom stereocenters. The summed E-state index contributed by atoms with van der Waals surface area (Å²) < 4.78 is 5.53. The molecular formula is C23H21NO4S. The number of carbonyl (C=O) groups is 2. The summed E-state index contributed by atoms with van der Waals surface area (Å²) in [5.41, 5.74) is 4.61. The van der Waals surface area contributed by atoms with E-state index < -0.39 is 18.1 Å². The van der Waals surface area contributed by atoms with Crippen LogP contribution in [-0.4, -0.2) is 29.8 Å². The highest BCUT2D eigenvalue weighted by molar-refractivity contribution is 7.09. The van der Waals surface area contributed by atoms with Crippen molar-refractivity contribution in [1.29, 1.82) is 0 Å². The zero-order chi connectivity index (χ0) is 20.2. The van der Waals surface area contributed by atoms with Crippen molar-refractivity contribution in [3.8, 4) is 11.1 Å². The minimum Gasteiger partial charge on any atom is -0.481 e. The maximum absolute atomic E-state index is 12.4. The number of carboxylic acids is 1. The molecule has 1 amide bonds. The number of ether oxygens (including phenoxy) is 1. The summed E-state index contributed by atoms with van der Waals surface area (Å²) in [6.45, 7) is 0.207. The van der Waals surface area contributed by atoms with Crippen LogP contribution in [0.15, 0.2) is 66.0 Å². The molecule has 2 aromatic carbocycles. The van der Waals surface area contributed by atoms with Gasteiger partial charge in [-0.1, -0.05) is 54.6 Å². The SMILES string of the molecule is O=C(O)CC(Cc1cccs1)NC(=O)OCC1c2ccccc2-c2ccccc21. The maximum atomic E-state index is 12.4. The first kappa shape index (κ1) is 19.2. The van der Waals surface area contributed by atoms with Crippen LogP contribution < -0.4 is 5.32 Å². The second-order valence-corrected chi connectivity index (χ2v) is 8.08. The van der Waals surface area contributed by atoms with Gasteiger partial charge >= 0.3 is 12.1 Å². The van der Waals surface area contributed by atoms with Crippen molar-refractivity contribution in [1.82, 2.24) is 5.32 Å². The molecule has 4 rings (SSSR count). The molecule has 0 saturated carbocycles. The first-order chi connectivity index (χ1) is 14.1. The largest absolute Gasteiger partial charge is 0.481 e. The number of benzene rings is 2. The fourth-order valence-electron chi connectivity index (χ4n) is 3.86. The lowest BCUT2D eigenvalue weighted by Gasteiger charge is -2.18. The Morgan fingerprint density at radius 3 is 2.24 bits per heavy atom. The molecule has 148 valence electrons. The summed E-state index contributed by atoms with van der Waals surface area (Å²) in [5, 5.41) is 13.8. The third-order valence-corrected chi connectivity index (χ3v) is 6.01. The van der Waals surface area contributed by atoms with Crippen molar-refractivity contribution >= 4 is 23.4 Å². The van der Waals surface area contributed by atoms with Crippen LogP contribution >= 0.6 is 11.3 Å². The number of carbonyl (C=O) groups excluding carboxylic acids is 1. The van der Waals surface area contributed by atoms with Crippen LogP contribution in [0.3, 0.4) is 0 Å². The Morgan fingerprint density at radius 2 is 1.66 bits per heavy atom. The number of aliphatic carboxylic acids is 1. The molecule has 5 nitrogen and oxygen atoms in total. The van der Waals surface area contributed by atoms with Gasteiger partial charge in [0.25, 0.3) is 0 Å². The quantitative estimate of drug-likeness (QED) is 0.597. The number of nitrogens with one attached hydrogen (secondary N) is 1. The van der Waals surface area contributed by atoms with Crippen LogP contribution in [0.25, 0.3) is 11.1 Å². The molecule has 0 radical (unpaired) electrons. The fourth-order valence-corrected chi connectivity index (χ4v) is 4.65. The molecule has 0 bridgehead atoms. The van der Waals surface area contributed by atoms with E-state index in [9.17, 15) is 9.59 Å². The van der Waals surface area contributed by atoms with Gasteiger partial charge in [-0.05, 0) is 33.7 Å². The summed E-state index contributed by atoms with van der Waals surface area (Å²) in [5.74, 6) is -0.978. The second-order valence-electron chi connectivity index (χ2n) is 7.05. The van der Waals surface area contributed by atoms with Gasteiger partial charge < -0.3 is 15.2 Å². The summed E-state index contributed by atoms with van der Waals surface area (Å²) in [6.07, 6.45) is -0.273. The highest BCUT2D eigenvalue weighted by Crippen LogP contribution is 2.44.